The molecule has 1 rings (SSSR count). The van der Waals surface area contributed by atoms with Crippen LogP contribution in [0.3, 0.4) is 0 Å². The molecule has 0 radical (unpaired) electrons. The smallest absolute Gasteiger partial charge is 0.336 e. The minimum absolute atomic E-state index is 0.0596. The standard InChI is InChI=1S/C13H18N2O4/c1-4-5-6-14(3)11-7-10(13(16)17)8-12(9(11)2)15(18)19/h7-8H,4-6H2,1-3H3,(H,16,17). The van der Waals surface area contributed by atoms with E-state index in [0.717, 1.165) is 25.5 Å². The molecule has 0 saturated carbocycles. The third kappa shape index (κ3) is 3.43. The Morgan fingerprint density at radius 2 is 2.11 bits per heavy atom. The average Bonchev–Trinajstić information content (AvgIpc) is 2.35. The minimum atomic E-state index is -1.16. The Morgan fingerprint density at radius 3 is 2.58 bits per heavy atom. The van der Waals surface area contributed by atoms with Crippen molar-refractivity contribution in [3.63, 3.8) is 0 Å². The molecule has 104 valence electrons. The van der Waals surface area contributed by atoms with Crippen molar-refractivity contribution in [3.05, 3.63) is 33.4 Å². The topological polar surface area (TPSA) is 83.7 Å². The lowest BCUT2D eigenvalue weighted by Gasteiger charge is -2.21. The molecule has 0 amide bonds. The fraction of sp³-hybridized carbons (Fsp3) is 0.462. The number of rotatable bonds is 6. The third-order valence-electron chi connectivity index (χ3n) is 3.05. The predicted molar refractivity (Wildman–Crippen MR) is 73.0 cm³/mol. The van der Waals surface area contributed by atoms with Crippen molar-refractivity contribution in [2.75, 3.05) is 18.5 Å². The maximum Gasteiger partial charge on any atom is 0.336 e. The van der Waals surface area contributed by atoms with Gasteiger partial charge in [0, 0.05) is 25.3 Å². The zero-order chi connectivity index (χ0) is 14.6. The van der Waals surface area contributed by atoms with E-state index < -0.39 is 10.9 Å². The van der Waals surface area contributed by atoms with Gasteiger partial charge in [0.05, 0.1) is 16.1 Å². The van der Waals surface area contributed by atoms with Crippen molar-refractivity contribution >= 4 is 17.3 Å². The quantitative estimate of drug-likeness (QED) is 0.632. The van der Waals surface area contributed by atoms with E-state index in [4.69, 9.17) is 5.11 Å². The Balaban J connectivity index is 3.28. The van der Waals surface area contributed by atoms with Gasteiger partial charge >= 0.3 is 5.97 Å². The second kappa shape index (κ2) is 6.17. The van der Waals surface area contributed by atoms with Crippen LogP contribution in [0.5, 0.6) is 0 Å². The second-order valence-electron chi connectivity index (χ2n) is 4.48. The summed E-state index contributed by atoms with van der Waals surface area (Å²) in [5.74, 6) is -1.16. The van der Waals surface area contributed by atoms with Gasteiger partial charge in [0.2, 0.25) is 0 Å². The van der Waals surface area contributed by atoms with Crippen molar-refractivity contribution in [1.82, 2.24) is 0 Å². The van der Waals surface area contributed by atoms with Crippen LogP contribution in [0, 0.1) is 17.0 Å². The molecule has 0 fully saturated rings. The lowest BCUT2D eigenvalue weighted by atomic mass is 10.1. The molecular formula is C13H18N2O4. The molecule has 1 N–H and O–H groups in total. The Bertz CT molecular complexity index is 500. The van der Waals surface area contributed by atoms with Gasteiger partial charge in [0.15, 0.2) is 0 Å². The summed E-state index contributed by atoms with van der Waals surface area (Å²) >= 11 is 0. The fourth-order valence-corrected chi connectivity index (χ4v) is 1.91. The third-order valence-corrected chi connectivity index (χ3v) is 3.05. The van der Waals surface area contributed by atoms with Crippen LogP contribution in [0.1, 0.15) is 35.7 Å². The summed E-state index contributed by atoms with van der Waals surface area (Å²) < 4.78 is 0. The average molecular weight is 266 g/mol. The van der Waals surface area contributed by atoms with Crippen LogP contribution in [-0.4, -0.2) is 29.6 Å². The number of hydrogen-bond donors (Lipinski definition) is 1. The number of nitro groups is 1. The number of carbonyl (C=O) groups is 1. The molecule has 0 atom stereocenters. The van der Waals surface area contributed by atoms with E-state index in [1.54, 1.807) is 6.92 Å². The van der Waals surface area contributed by atoms with Gasteiger partial charge in [-0.25, -0.2) is 4.79 Å². The Morgan fingerprint density at radius 1 is 1.47 bits per heavy atom. The van der Waals surface area contributed by atoms with Gasteiger partial charge < -0.3 is 10.0 Å². The normalized spacial score (nSPS) is 10.3. The molecular weight excluding hydrogens is 248 g/mol. The van der Waals surface area contributed by atoms with Crippen LogP contribution < -0.4 is 4.90 Å². The highest BCUT2D eigenvalue weighted by atomic mass is 16.6. The zero-order valence-electron chi connectivity index (χ0n) is 11.3. The molecule has 6 nitrogen and oxygen atoms in total. The molecule has 0 saturated heterocycles. The highest BCUT2D eigenvalue weighted by Gasteiger charge is 2.20. The van der Waals surface area contributed by atoms with E-state index in [2.05, 4.69) is 6.92 Å². The summed E-state index contributed by atoms with van der Waals surface area (Å²) in [7, 11) is 1.81. The number of anilines is 1. The van der Waals surface area contributed by atoms with Crippen LogP contribution >= 0.6 is 0 Å². The van der Waals surface area contributed by atoms with Crippen molar-refractivity contribution in [3.8, 4) is 0 Å². The van der Waals surface area contributed by atoms with E-state index >= 15 is 0 Å². The highest BCUT2D eigenvalue weighted by Crippen LogP contribution is 2.30. The molecule has 0 heterocycles. The van der Waals surface area contributed by atoms with Gasteiger partial charge in [0.1, 0.15) is 0 Å². The number of carboxylic acids is 1. The first kappa shape index (κ1) is 14.9. The van der Waals surface area contributed by atoms with Gasteiger partial charge in [-0.05, 0) is 19.4 Å². The van der Waals surface area contributed by atoms with E-state index in [1.807, 2.05) is 11.9 Å². The van der Waals surface area contributed by atoms with E-state index in [1.165, 1.54) is 6.07 Å². The number of nitro benzene ring substituents is 1. The molecule has 6 heteroatoms. The molecule has 0 unspecified atom stereocenters. The second-order valence-corrected chi connectivity index (χ2v) is 4.48. The number of unbranched alkanes of at least 4 members (excludes halogenated alkanes) is 1. The highest BCUT2D eigenvalue weighted by molar-refractivity contribution is 5.90. The van der Waals surface area contributed by atoms with Crippen LogP contribution in [0.4, 0.5) is 11.4 Å². The lowest BCUT2D eigenvalue weighted by molar-refractivity contribution is -0.385. The first-order valence-electron chi connectivity index (χ1n) is 6.12. The zero-order valence-corrected chi connectivity index (χ0v) is 11.3. The van der Waals surface area contributed by atoms with Crippen molar-refractivity contribution in [1.29, 1.82) is 0 Å². The summed E-state index contributed by atoms with van der Waals surface area (Å²) in [5.41, 5.74) is 0.877. The Labute approximate surface area is 111 Å². The first-order valence-corrected chi connectivity index (χ1v) is 6.12. The predicted octanol–water partition coefficient (Wildman–Crippen LogP) is 2.84. The van der Waals surface area contributed by atoms with Crippen molar-refractivity contribution < 1.29 is 14.8 Å². The van der Waals surface area contributed by atoms with Crippen LogP contribution in [0.15, 0.2) is 12.1 Å². The minimum Gasteiger partial charge on any atom is -0.478 e. The Kier molecular flexibility index (Phi) is 4.86. The van der Waals surface area contributed by atoms with E-state index in [-0.39, 0.29) is 11.3 Å². The monoisotopic (exact) mass is 266 g/mol. The SMILES string of the molecule is CCCCN(C)c1cc(C(=O)O)cc([N+](=O)[O-])c1C. The molecule has 0 spiro atoms. The number of benzene rings is 1. The lowest BCUT2D eigenvalue weighted by Crippen LogP contribution is -2.20. The summed E-state index contributed by atoms with van der Waals surface area (Å²) in [4.78, 5) is 23.3. The molecule has 0 bridgehead atoms. The number of aromatic carboxylic acids is 1. The molecule has 1 aromatic rings. The van der Waals surface area contributed by atoms with Gasteiger partial charge in [-0.15, -0.1) is 0 Å². The number of carboxylic acid groups (broad SMARTS) is 1. The van der Waals surface area contributed by atoms with Gasteiger partial charge in [-0.3, -0.25) is 10.1 Å². The van der Waals surface area contributed by atoms with E-state index in [9.17, 15) is 14.9 Å². The molecule has 0 aromatic heterocycles. The number of hydrogen-bond acceptors (Lipinski definition) is 4. The molecule has 19 heavy (non-hydrogen) atoms. The van der Waals surface area contributed by atoms with Gasteiger partial charge in [-0.2, -0.15) is 0 Å². The molecule has 0 aliphatic rings. The fourth-order valence-electron chi connectivity index (χ4n) is 1.91. The first-order chi connectivity index (χ1) is 8.88. The molecule has 0 aliphatic heterocycles. The van der Waals surface area contributed by atoms with Crippen LogP contribution in [-0.2, 0) is 0 Å². The van der Waals surface area contributed by atoms with E-state index in [0.29, 0.717) is 11.3 Å². The Hall–Kier alpha value is -2.11. The number of nitrogens with zero attached hydrogens (tertiary/aromatic N) is 2. The summed E-state index contributed by atoms with van der Waals surface area (Å²) in [6.45, 7) is 4.43. The largest absolute Gasteiger partial charge is 0.478 e. The molecule has 1 aromatic carbocycles. The summed E-state index contributed by atoms with van der Waals surface area (Å²) in [5, 5.41) is 20.0. The van der Waals surface area contributed by atoms with Crippen molar-refractivity contribution in [2.45, 2.75) is 26.7 Å². The maximum absolute atomic E-state index is 11.0. The molecule has 0 aliphatic carbocycles. The summed E-state index contributed by atoms with van der Waals surface area (Å²) in [6, 6.07) is 2.59. The van der Waals surface area contributed by atoms with Crippen molar-refractivity contribution in [2.24, 2.45) is 0 Å². The van der Waals surface area contributed by atoms with Crippen LogP contribution in [0.2, 0.25) is 0 Å². The maximum atomic E-state index is 11.0. The van der Waals surface area contributed by atoms with Gasteiger partial charge in [0.25, 0.3) is 5.69 Å². The van der Waals surface area contributed by atoms with Crippen LogP contribution in [0.25, 0.3) is 0 Å². The van der Waals surface area contributed by atoms with Gasteiger partial charge in [-0.1, -0.05) is 13.3 Å². The summed E-state index contributed by atoms with van der Waals surface area (Å²) in [6.07, 6.45) is 1.95.